The van der Waals surface area contributed by atoms with Crippen LogP contribution in [0.2, 0.25) is 0 Å². The predicted octanol–water partition coefficient (Wildman–Crippen LogP) is 3.89. The van der Waals surface area contributed by atoms with Crippen molar-refractivity contribution in [1.82, 2.24) is 0 Å². The van der Waals surface area contributed by atoms with Crippen molar-refractivity contribution in [3.63, 3.8) is 0 Å². The second-order valence-electron chi connectivity index (χ2n) is 5.06. The Kier molecular flexibility index (Phi) is 4.89. The number of rotatable bonds is 4. The number of ketones is 1. The van der Waals surface area contributed by atoms with Gasteiger partial charge >= 0.3 is 6.16 Å². The molecule has 0 aliphatic carbocycles. The fourth-order valence-electron chi connectivity index (χ4n) is 1.30. The van der Waals surface area contributed by atoms with Gasteiger partial charge in [-0.25, -0.2) is 4.79 Å². The molecule has 0 fully saturated rings. The van der Waals surface area contributed by atoms with Crippen molar-refractivity contribution >= 4 is 23.3 Å². The minimum atomic E-state index is -0.812. The van der Waals surface area contributed by atoms with E-state index in [0.717, 1.165) is 4.88 Å². The zero-order valence-electron chi connectivity index (χ0n) is 11.6. The van der Waals surface area contributed by atoms with Crippen molar-refractivity contribution in [2.24, 2.45) is 0 Å². The Hall–Kier alpha value is -1.62. The second-order valence-corrected chi connectivity index (χ2v) is 6.04. The minimum absolute atomic E-state index is 0.220. The van der Waals surface area contributed by atoms with Crippen LogP contribution in [0.4, 0.5) is 4.79 Å². The van der Waals surface area contributed by atoms with Crippen molar-refractivity contribution in [2.75, 3.05) is 0 Å². The number of carbonyl (C=O) groups excluding carboxylic acids is 2. The van der Waals surface area contributed by atoms with Gasteiger partial charge in [0, 0.05) is 10.5 Å². The van der Waals surface area contributed by atoms with Crippen molar-refractivity contribution in [2.45, 2.75) is 39.4 Å². The number of hydrogen-bond acceptors (Lipinski definition) is 5. The van der Waals surface area contributed by atoms with E-state index < -0.39 is 17.9 Å². The van der Waals surface area contributed by atoms with Crippen molar-refractivity contribution in [1.29, 1.82) is 0 Å². The van der Waals surface area contributed by atoms with Gasteiger partial charge in [-0.1, -0.05) is 12.6 Å². The molecule has 1 unspecified atom stereocenters. The van der Waals surface area contributed by atoms with Crippen LogP contribution in [0.15, 0.2) is 29.7 Å². The lowest BCUT2D eigenvalue weighted by molar-refractivity contribution is -0.114. The molecular formula is C14H18O4S. The average Bonchev–Trinajstić information content (AvgIpc) is 2.75. The molecule has 0 radical (unpaired) electrons. The summed E-state index contributed by atoms with van der Waals surface area (Å²) in [5.74, 6) is -0.220. The molecule has 0 aromatic carbocycles. The Labute approximate surface area is 117 Å². The van der Waals surface area contributed by atoms with Crippen LogP contribution in [0.1, 0.15) is 38.7 Å². The SMILES string of the molecule is C=C(C(C)=O)C(OC(=O)OC(C)(C)C)c1cccs1. The summed E-state index contributed by atoms with van der Waals surface area (Å²) in [5.41, 5.74) is -0.414. The Morgan fingerprint density at radius 1 is 1.37 bits per heavy atom. The van der Waals surface area contributed by atoms with Crippen LogP contribution in [0.5, 0.6) is 0 Å². The van der Waals surface area contributed by atoms with Crippen LogP contribution < -0.4 is 0 Å². The highest BCUT2D eigenvalue weighted by atomic mass is 32.1. The highest BCUT2D eigenvalue weighted by molar-refractivity contribution is 7.10. The van der Waals surface area contributed by atoms with E-state index in [2.05, 4.69) is 6.58 Å². The first-order valence-electron chi connectivity index (χ1n) is 5.83. The maximum Gasteiger partial charge on any atom is 0.509 e. The molecule has 0 spiro atoms. The molecule has 0 saturated heterocycles. The maximum atomic E-state index is 11.7. The van der Waals surface area contributed by atoms with E-state index in [-0.39, 0.29) is 11.4 Å². The van der Waals surface area contributed by atoms with E-state index in [4.69, 9.17) is 9.47 Å². The lowest BCUT2D eigenvalue weighted by atomic mass is 10.1. The van der Waals surface area contributed by atoms with Crippen LogP contribution in [-0.4, -0.2) is 17.5 Å². The van der Waals surface area contributed by atoms with Gasteiger partial charge in [0.05, 0.1) is 0 Å². The molecule has 0 amide bonds. The summed E-state index contributed by atoms with van der Waals surface area (Å²) in [6, 6.07) is 3.60. The van der Waals surface area contributed by atoms with Gasteiger partial charge in [-0.15, -0.1) is 11.3 Å². The van der Waals surface area contributed by atoms with Gasteiger partial charge < -0.3 is 9.47 Å². The zero-order valence-corrected chi connectivity index (χ0v) is 12.4. The minimum Gasteiger partial charge on any atom is -0.429 e. The fourth-order valence-corrected chi connectivity index (χ4v) is 2.08. The first-order chi connectivity index (χ1) is 8.70. The Morgan fingerprint density at radius 3 is 2.42 bits per heavy atom. The van der Waals surface area contributed by atoms with E-state index in [1.807, 2.05) is 11.4 Å². The van der Waals surface area contributed by atoms with Gasteiger partial charge in [-0.3, -0.25) is 4.79 Å². The predicted molar refractivity (Wildman–Crippen MR) is 74.2 cm³/mol. The third-order valence-electron chi connectivity index (χ3n) is 2.17. The molecule has 0 bridgehead atoms. The molecule has 5 heteroatoms. The highest BCUT2D eigenvalue weighted by Crippen LogP contribution is 2.30. The van der Waals surface area contributed by atoms with Crippen molar-refractivity contribution < 1.29 is 19.1 Å². The molecule has 0 N–H and O–H groups in total. The average molecular weight is 282 g/mol. The molecule has 0 saturated carbocycles. The Balaban J connectivity index is 2.85. The second kappa shape index (κ2) is 6.02. The summed E-state index contributed by atoms with van der Waals surface area (Å²) < 4.78 is 10.3. The molecule has 0 aliphatic heterocycles. The largest absolute Gasteiger partial charge is 0.509 e. The van der Waals surface area contributed by atoms with Gasteiger partial charge in [0.15, 0.2) is 11.9 Å². The fraction of sp³-hybridized carbons (Fsp3) is 0.429. The maximum absolute atomic E-state index is 11.7. The standard InChI is InChI=1S/C14H18O4S/c1-9(10(2)15)12(11-7-6-8-19-11)17-13(16)18-14(3,4)5/h6-8,12H,1H2,2-5H3. The lowest BCUT2D eigenvalue weighted by Gasteiger charge is -2.22. The molecule has 0 aliphatic rings. The highest BCUT2D eigenvalue weighted by Gasteiger charge is 2.26. The summed E-state index contributed by atoms with van der Waals surface area (Å²) in [4.78, 5) is 23.9. The monoisotopic (exact) mass is 282 g/mol. The van der Waals surface area contributed by atoms with Gasteiger partial charge in [0.25, 0.3) is 0 Å². The third kappa shape index (κ3) is 4.87. The topological polar surface area (TPSA) is 52.6 Å². The zero-order chi connectivity index (χ0) is 14.6. The molecule has 4 nitrogen and oxygen atoms in total. The summed E-state index contributed by atoms with van der Waals surface area (Å²) in [5, 5.41) is 1.84. The molecular weight excluding hydrogens is 264 g/mol. The van der Waals surface area contributed by atoms with E-state index in [1.54, 1.807) is 26.8 Å². The number of hydrogen-bond donors (Lipinski definition) is 0. The van der Waals surface area contributed by atoms with Crippen LogP contribution in [0.25, 0.3) is 0 Å². The normalized spacial score (nSPS) is 12.6. The number of carbonyl (C=O) groups is 2. The summed E-state index contributed by atoms with van der Waals surface area (Å²) in [7, 11) is 0. The lowest BCUT2D eigenvalue weighted by Crippen LogP contribution is -2.26. The van der Waals surface area contributed by atoms with Gasteiger partial charge in [0.2, 0.25) is 0 Å². The summed E-state index contributed by atoms with van der Waals surface area (Å²) >= 11 is 1.39. The van der Waals surface area contributed by atoms with Crippen LogP contribution in [-0.2, 0) is 14.3 Å². The Bertz CT molecular complexity index is 468. The smallest absolute Gasteiger partial charge is 0.429 e. The van der Waals surface area contributed by atoms with E-state index in [0.29, 0.717) is 0 Å². The number of thiophene rings is 1. The van der Waals surface area contributed by atoms with E-state index in [1.165, 1.54) is 18.3 Å². The Morgan fingerprint density at radius 2 is 2.00 bits per heavy atom. The molecule has 104 valence electrons. The van der Waals surface area contributed by atoms with Crippen LogP contribution in [0, 0.1) is 0 Å². The number of Topliss-reactive ketones (excluding diaryl/α,β-unsaturated/α-hetero) is 1. The number of ether oxygens (including phenoxy) is 2. The van der Waals surface area contributed by atoms with E-state index >= 15 is 0 Å². The molecule has 1 aromatic heterocycles. The van der Waals surface area contributed by atoms with Crippen molar-refractivity contribution in [3.8, 4) is 0 Å². The summed E-state index contributed by atoms with van der Waals surface area (Å²) in [6.07, 6.45) is -1.60. The van der Waals surface area contributed by atoms with E-state index in [9.17, 15) is 9.59 Å². The van der Waals surface area contributed by atoms with Crippen molar-refractivity contribution in [3.05, 3.63) is 34.5 Å². The van der Waals surface area contributed by atoms with Gasteiger partial charge in [-0.05, 0) is 39.1 Å². The molecule has 1 heterocycles. The molecule has 1 aromatic rings. The quantitative estimate of drug-likeness (QED) is 0.621. The first kappa shape index (κ1) is 15.4. The van der Waals surface area contributed by atoms with Crippen LogP contribution >= 0.6 is 11.3 Å². The van der Waals surface area contributed by atoms with Gasteiger partial charge in [-0.2, -0.15) is 0 Å². The molecule has 1 atom stereocenters. The molecule has 1 rings (SSSR count). The summed E-state index contributed by atoms with van der Waals surface area (Å²) in [6.45, 7) is 10.3. The van der Waals surface area contributed by atoms with Crippen LogP contribution in [0.3, 0.4) is 0 Å². The molecule has 19 heavy (non-hydrogen) atoms. The third-order valence-corrected chi connectivity index (χ3v) is 3.09. The van der Waals surface area contributed by atoms with Gasteiger partial charge in [0.1, 0.15) is 5.60 Å². The first-order valence-corrected chi connectivity index (χ1v) is 6.71.